The first kappa shape index (κ1) is 24.7. The molecular weight excluding hydrogens is 460 g/mol. The molecule has 0 radical (unpaired) electrons. The van der Waals surface area contributed by atoms with Crippen molar-refractivity contribution in [2.75, 3.05) is 30.5 Å². The first-order valence-electron chi connectivity index (χ1n) is 11.5. The highest BCUT2D eigenvalue weighted by Gasteiger charge is 2.43. The number of fused-ring (bicyclic) bond motifs is 2. The van der Waals surface area contributed by atoms with Gasteiger partial charge in [-0.15, -0.1) is 0 Å². The van der Waals surface area contributed by atoms with Crippen LogP contribution in [0.4, 0.5) is 11.4 Å². The average molecular weight is 487 g/mol. The normalized spacial score (nSPS) is 15.1. The molecule has 4 rings (SSSR count). The number of ketones is 1. The minimum atomic E-state index is -1.19. The van der Waals surface area contributed by atoms with Crippen LogP contribution >= 0.6 is 0 Å². The van der Waals surface area contributed by atoms with Gasteiger partial charge in [0.05, 0.1) is 22.5 Å². The van der Waals surface area contributed by atoms with E-state index in [1.165, 1.54) is 12.1 Å². The summed E-state index contributed by atoms with van der Waals surface area (Å²) in [4.78, 5) is 56.4. The molecule has 9 heteroatoms. The maximum absolute atomic E-state index is 13.1. The molecule has 0 aromatic heterocycles. The lowest BCUT2D eigenvalue weighted by Crippen LogP contribution is -2.46. The molecule has 36 heavy (non-hydrogen) atoms. The summed E-state index contributed by atoms with van der Waals surface area (Å²) in [5, 5.41) is 9.79. The van der Waals surface area contributed by atoms with Gasteiger partial charge in [-0.05, 0) is 36.6 Å². The van der Waals surface area contributed by atoms with Crippen molar-refractivity contribution < 1.29 is 23.9 Å². The van der Waals surface area contributed by atoms with E-state index in [4.69, 9.17) is 4.74 Å². The van der Waals surface area contributed by atoms with E-state index in [1.807, 2.05) is 44.2 Å². The van der Waals surface area contributed by atoms with Crippen molar-refractivity contribution in [1.29, 1.82) is 5.26 Å². The third kappa shape index (κ3) is 4.11. The number of esters is 1. The molecule has 2 aliphatic rings. The molecule has 0 saturated carbocycles. The summed E-state index contributed by atoms with van der Waals surface area (Å²) in [6.07, 6.45) is 0.172. The van der Waals surface area contributed by atoms with Crippen molar-refractivity contribution in [1.82, 2.24) is 4.90 Å². The van der Waals surface area contributed by atoms with Crippen molar-refractivity contribution >= 4 is 34.9 Å². The standard InChI is InChI=1S/C27H26N4O5/c1-16(2)13-22(31-25(33)17-9-5-6-10-18(17)26(31)34)27(35)36-15-23(32)19(14-28)24-29(3)20-11-7-8-12-21(20)30(24)4/h5-12,16,22H,13,15H2,1-4H3. The second-order valence-corrected chi connectivity index (χ2v) is 9.12. The van der Waals surface area contributed by atoms with Crippen molar-refractivity contribution in [3.05, 3.63) is 71.1 Å². The Morgan fingerprint density at radius 3 is 1.89 bits per heavy atom. The zero-order valence-electron chi connectivity index (χ0n) is 20.5. The first-order chi connectivity index (χ1) is 17.2. The van der Waals surface area contributed by atoms with Crippen LogP contribution in [0, 0.1) is 17.2 Å². The van der Waals surface area contributed by atoms with Crippen LogP contribution in [0.3, 0.4) is 0 Å². The van der Waals surface area contributed by atoms with Crippen LogP contribution in [0.25, 0.3) is 0 Å². The molecule has 1 unspecified atom stereocenters. The third-order valence-corrected chi connectivity index (χ3v) is 6.30. The second-order valence-electron chi connectivity index (χ2n) is 9.12. The molecule has 1 atom stereocenters. The van der Waals surface area contributed by atoms with E-state index in [-0.39, 0.29) is 29.0 Å². The van der Waals surface area contributed by atoms with E-state index in [0.717, 1.165) is 16.3 Å². The molecule has 0 bridgehead atoms. The molecule has 0 fully saturated rings. The van der Waals surface area contributed by atoms with Gasteiger partial charge in [0.25, 0.3) is 11.8 Å². The summed E-state index contributed by atoms with van der Waals surface area (Å²) in [7, 11) is 3.49. The van der Waals surface area contributed by atoms with Crippen molar-refractivity contribution in [3.8, 4) is 6.07 Å². The van der Waals surface area contributed by atoms with Crippen LogP contribution in [0.5, 0.6) is 0 Å². The number of carbonyl (C=O) groups is 4. The number of Topliss-reactive ketones (excluding diaryl/α,β-unsaturated/α-hetero) is 1. The van der Waals surface area contributed by atoms with Crippen LogP contribution in [-0.2, 0) is 14.3 Å². The maximum Gasteiger partial charge on any atom is 0.329 e. The summed E-state index contributed by atoms with van der Waals surface area (Å²) in [5.41, 5.74) is 1.95. The Morgan fingerprint density at radius 1 is 0.917 bits per heavy atom. The quantitative estimate of drug-likeness (QED) is 0.254. The fourth-order valence-electron chi connectivity index (χ4n) is 4.61. The smallest absolute Gasteiger partial charge is 0.329 e. The number of amides is 2. The topological polar surface area (TPSA) is 111 Å². The third-order valence-electron chi connectivity index (χ3n) is 6.30. The number of nitriles is 1. The predicted octanol–water partition coefficient (Wildman–Crippen LogP) is 3.13. The zero-order chi connectivity index (χ0) is 26.1. The van der Waals surface area contributed by atoms with E-state index in [0.29, 0.717) is 5.82 Å². The van der Waals surface area contributed by atoms with Gasteiger partial charge < -0.3 is 14.5 Å². The Kier molecular flexibility index (Phi) is 6.62. The van der Waals surface area contributed by atoms with Crippen molar-refractivity contribution in [3.63, 3.8) is 0 Å². The van der Waals surface area contributed by atoms with E-state index in [1.54, 1.807) is 36.0 Å². The lowest BCUT2D eigenvalue weighted by molar-refractivity contribution is -0.151. The number of benzene rings is 2. The Hall–Kier alpha value is -4.45. The molecule has 0 saturated heterocycles. The van der Waals surface area contributed by atoms with Crippen LogP contribution in [0.15, 0.2) is 59.9 Å². The monoisotopic (exact) mass is 486 g/mol. The van der Waals surface area contributed by atoms with Gasteiger partial charge >= 0.3 is 5.97 Å². The number of para-hydroxylation sites is 2. The average Bonchev–Trinajstić information content (AvgIpc) is 3.27. The van der Waals surface area contributed by atoms with E-state index in [9.17, 15) is 24.4 Å². The molecule has 0 spiro atoms. The lowest BCUT2D eigenvalue weighted by Gasteiger charge is -2.26. The fourth-order valence-corrected chi connectivity index (χ4v) is 4.61. The number of ether oxygens (including phenoxy) is 1. The van der Waals surface area contributed by atoms with Crippen molar-refractivity contribution in [2.45, 2.75) is 26.3 Å². The molecule has 9 nitrogen and oxygen atoms in total. The molecule has 0 aliphatic carbocycles. The van der Waals surface area contributed by atoms with Gasteiger partial charge in [-0.1, -0.05) is 38.1 Å². The Balaban J connectivity index is 1.54. The molecular formula is C27H26N4O5. The SMILES string of the molecule is CC(C)CC(C(=O)OCC(=O)C(C#N)=C1N(C)c2ccccc2N1C)N1C(=O)c2ccccc2C1=O. The Labute approximate surface area is 209 Å². The second kappa shape index (κ2) is 9.66. The van der Waals surface area contributed by atoms with Crippen LogP contribution in [0.2, 0.25) is 0 Å². The molecule has 2 aliphatic heterocycles. The first-order valence-corrected chi connectivity index (χ1v) is 11.5. The number of imide groups is 1. The van der Waals surface area contributed by atoms with Crippen LogP contribution < -0.4 is 9.80 Å². The van der Waals surface area contributed by atoms with Gasteiger partial charge in [-0.2, -0.15) is 5.26 Å². The summed E-state index contributed by atoms with van der Waals surface area (Å²) in [6.45, 7) is 3.01. The van der Waals surface area contributed by atoms with Gasteiger partial charge in [0.1, 0.15) is 23.5 Å². The maximum atomic E-state index is 13.1. The highest BCUT2D eigenvalue weighted by molar-refractivity contribution is 6.22. The van der Waals surface area contributed by atoms with Gasteiger partial charge in [-0.25, -0.2) is 4.79 Å². The van der Waals surface area contributed by atoms with Gasteiger partial charge in [0.2, 0.25) is 5.78 Å². The fraction of sp³-hybridized carbons (Fsp3) is 0.296. The molecule has 0 N–H and O–H groups in total. The molecule has 184 valence electrons. The van der Waals surface area contributed by atoms with E-state index >= 15 is 0 Å². The highest BCUT2D eigenvalue weighted by Crippen LogP contribution is 2.40. The number of nitrogens with zero attached hydrogens (tertiary/aromatic N) is 4. The zero-order valence-corrected chi connectivity index (χ0v) is 20.5. The summed E-state index contributed by atoms with van der Waals surface area (Å²) in [6, 6.07) is 14.6. The largest absolute Gasteiger partial charge is 0.456 e. The predicted molar refractivity (Wildman–Crippen MR) is 132 cm³/mol. The molecule has 2 aromatic carbocycles. The molecule has 2 amide bonds. The molecule has 2 heterocycles. The van der Waals surface area contributed by atoms with Gasteiger partial charge in [0, 0.05) is 14.1 Å². The van der Waals surface area contributed by atoms with Gasteiger partial charge in [-0.3, -0.25) is 19.3 Å². The Morgan fingerprint density at radius 2 is 1.42 bits per heavy atom. The molecule has 2 aromatic rings. The van der Waals surface area contributed by atoms with Crippen molar-refractivity contribution in [2.24, 2.45) is 5.92 Å². The minimum absolute atomic E-state index is 0.0429. The number of anilines is 2. The summed E-state index contributed by atoms with van der Waals surface area (Å²) >= 11 is 0. The summed E-state index contributed by atoms with van der Waals surface area (Å²) in [5.74, 6) is -2.37. The summed E-state index contributed by atoms with van der Waals surface area (Å²) < 4.78 is 5.31. The van der Waals surface area contributed by atoms with Crippen LogP contribution in [0.1, 0.15) is 41.0 Å². The number of rotatable bonds is 7. The lowest BCUT2D eigenvalue weighted by atomic mass is 10.0. The highest BCUT2D eigenvalue weighted by atomic mass is 16.5. The van der Waals surface area contributed by atoms with E-state index < -0.39 is 36.2 Å². The van der Waals surface area contributed by atoms with E-state index in [2.05, 4.69) is 0 Å². The minimum Gasteiger partial charge on any atom is -0.456 e. The van der Waals surface area contributed by atoms with Gasteiger partial charge in [0.15, 0.2) is 6.61 Å². The number of carbonyl (C=O) groups excluding carboxylic acids is 4. The Bertz CT molecular complexity index is 1270. The number of hydrogen-bond acceptors (Lipinski definition) is 8. The van der Waals surface area contributed by atoms with Crippen LogP contribution in [-0.4, -0.2) is 55.2 Å². The number of hydrogen-bond donors (Lipinski definition) is 0.